The summed E-state index contributed by atoms with van der Waals surface area (Å²) in [5, 5.41) is 0. The zero-order chi connectivity index (χ0) is 11.5. The molecule has 1 aromatic carbocycles. The van der Waals surface area contributed by atoms with Crippen molar-refractivity contribution in [2.75, 3.05) is 19.6 Å². The van der Waals surface area contributed by atoms with Gasteiger partial charge in [-0.25, -0.2) is 4.39 Å². The molecule has 86 valence electrons. The zero-order valence-electron chi connectivity index (χ0n) is 9.03. The standard InChI is InChI=1S/C12H15FN2O/c13-11-3-1-2-10(6-11)12(16)15-7-9(8-15)4-5-14/h1-3,6,9H,4-5,7-8,14H2. The molecule has 1 aliphatic heterocycles. The molecule has 1 aliphatic rings. The molecule has 16 heavy (non-hydrogen) atoms. The highest BCUT2D eigenvalue weighted by Gasteiger charge is 2.30. The van der Waals surface area contributed by atoms with E-state index in [-0.39, 0.29) is 11.7 Å². The monoisotopic (exact) mass is 222 g/mol. The number of hydrogen-bond acceptors (Lipinski definition) is 2. The van der Waals surface area contributed by atoms with Gasteiger partial charge in [0.25, 0.3) is 5.91 Å². The number of likely N-dealkylation sites (tertiary alicyclic amines) is 1. The van der Waals surface area contributed by atoms with E-state index in [1.807, 2.05) is 0 Å². The van der Waals surface area contributed by atoms with Gasteiger partial charge in [-0.3, -0.25) is 4.79 Å². The Bertz CT molecular complexity index is 388. The third-order valence-electron chi connectivity index (χ3n) is 2.89. The Balaban J connectivity index is 1.95. The fourth-order valence-electron chi connectivity index (χ4n) is 1.96. The molecule has 0 atom stereocenters. The third kappa shape index (κ3) is 2.22. The van der Waals surface area contributed by atoms with Crippen LogP contribution in [0.3, 0.4) is 0 Å². The predicted octanol–water partition coefficient (Wildman–Crippen LogP) is 1.25. The van der Waals surface area contributed by atoms with Gasteiger partial charge < -0.3 is 10.6 Å². The second kappa shape index (κ2) is 4.61. The molecule has 2 N–H and O–H groups in total. The van der Waals surface area contributed by atoms with E-state index in [0.29, 0.717) is 18.0 Å². The molecule has 1 heterocycles. The first kappa shape index (κ1) is 11.1. The highest BCUT2D eigenvalue weighted by atomic mass is 19.1. The Hall–Kier alpha value is -1.42. The highest BCUT2D eigenvalue weighted by molar-refractivity contribution is 5.94. The smallest absolute Gasteiger partial charge is 0.253 e. The van der Waals surface area contributed by atoms with Gasteiger partial charge in [0, 0.05) is 18.7 Å². The summed E-state index contributed by atoms with van der Waals surface area (Å²) < 4.78 is 12.9. The van der Waals surface area contributed by atoms with Crippen molar-refractivity contribution in [3.05, 3.63) is 35.6 Å². The van der Waals surface area contributed by atoms with Crippen molar-refractivity contribution in [2.24, 2.45) is 11.7 Å². The maximum atomic E-state index is 12.9. The average Bonchev–Trinajstić information content (AvgIpc) is 2.22. The number of hydrogen-bond donors (Lipinski definition) is 1. The van der Waals surface area contributed by atoms with Crippen LogP contribution in [-0.4, -0.2) is 30.4 Å². The lowest BCUT2D eigenvalue weighted by Crippen LogP contribution is -2.50. The lowest BCUT2D eigenvalue weighted by Gasteiger charge is -2.39. The van der Waals surface area contributed by atoms with Crippen LogP contribution in [0.5, 0.6) is 0 Å². The molecule has 3 nitrogen and oxygen atoms in total. The van der Waals surface area contributed by atoms with Gasteiger partial charge in [-0.2, -0.15) is 0 Å². The molecule has 1 aromatic rings. The van der Waals surface area contributed by atoms with Crippen molar-refractivity contribution < 1.29 is 9.18 Å². The lowest BCUT2D eigenvalue weighted by atomic mass is 9.95. The summed E-state index contributed by atoms with van der Waals surface area (Å²) in [4.78, 5) is 13.6. The quantitative estimate of drug-likeness (QED) is 0.836. The lowest BCUT2D eigenvalue weighted by molar-refractivity contribution is 0.0489. The normalized spacial score (nSPS) is 16.0. The molecule has 0 radical (unpaired) electrons. The third-order valence-corrected chi connectivity index (χ3v) is 2.89. The molecular formula is C12H15FN2O. The molecule has 0 bridgehead atoms. The fraction of sp³-hybridized carbons (Fsp3) is 0.417. The van der Waals surface area contributed by atoms with E-state index in [1.54, 1.807) is 17.0 Å². The number of nitrogens with two attached hydrogens (primary N) is 1. The number of nitrogens with zero attached hydrogens (tertiary/aromatic N) is 1. The SMILES string of the molecule is NCCC1CN(C(=O)c2cccc(F)c2)C1. The molecule has 0 spiro atoms. The van der Waals surface area contributed by atoms with E-state index in [2.05, 4.69) is 0 Å². The number of carbonyl (C=O) groups is 1. The second-order valence-electron chi connectivity index (χ2n) is 4.16. The van der Waals surface area contributed by atoms with Gasteiger partial charge in [0.1, 0.15) is 5.82 Å². The first-order chi connectivity index (χ1) is 7.70. The Kier molecular flexibility index (Phi) is 3.19. The maximum Gasteiger partial charge on any atom is 0.253 e. The van der Waals surface area contributed by atoms with E-state index in [9.17, 15) is 9.18 Å². The summed E-state index contributed by atoms with van der Waals surface area (Å²) in [6.45, 7) is 2.14. The van der Waals surface area contributed by atoms with Gasteiger partial charge in [0.2, 0.25) is 0 Å². The molecule has 0 aliphatic carbocycles. The number of halogens is 1. The van der Waals surface area contributed by atoms with Crippen LogP contribution in [0, 0.1) is 11.7 Å². The van der Waals surface area contributed by atoms with Gasteiger partial charge in [0.05, 0.1) is 0 Å². The Labute approximate surface area is 94.0 Å². The molecule has 0 aromatic heterocycles. The fourth-order valence-corrected chi connectivity index (χ4v) is 1.96. The number of carbonyl (C=O) groups excluding carboxylic acids is 1. The van der Waals surface area contributed by atoms with Crippen molar-refractivity contribution in [3.63, 3.8) is 0 Å². The van der Waals surface area contributed by atoms with Gasteiger partial charge in [0.15, 0.2) is 0 Å². The van der Waals surface area contributed by atoms with Crippen LogP contribution in [0.2, 0.25) is 0 Å². The maximum absolute atomic E-state index is 12.9. The largest absolute Gasteiger partial charge is 0.338 e. The molecule has 4 heteroatoms. The summed E-state index contributed by atoms with van der Waals surface area (Å²) in [7, 11) is 0. The molecule has 1 fully saturated rings. The summed E-state index contributed by atoms with van der Waals surface area (Å²) >= 11 is 0. The molecule has 1 saturated heterocycles. The minimum absolute atomic E-state index is 0.0900. The van der Waals surface area contributed by atoms with E-state index >= 15 is 0 Å². The minimum Gasteiger partial charge on any atom is -0.338 e. The Morgan fingerprint density at radius 3 is 2.88 bits per heavy atom. The number of benzene rings is 1. The van der Waals surface area contributed by atoms with Crippen LogP contribution in [-0.2, 0) is 0 Å². The molecule has 0 saturated carbocycles. The van der Waals surface area contributed by atoms with Gasteiger partial charge in [-0.1, -0.05) is 6.07 Å². The van der Waals surface area contributed by atoms with E-state index < -0.39 is 0 Å². The molecular weight excluding hydrogens is 207 g/mol. The molecule has 2 rings (SSSR count). The van der Waals surface area contributed by atoms with Crippen molar-refractivity contribution in [2.45, 2.75) is 6.42 Å². The summed E-state index contributed by atoms with van der Waals surface area (Å²) in [5.74, 6) is 0.0557. The van der Waals surface area contributed by atoms with E-state index in [1.165, 1.54) is 12.1 Å². The molecule has 0 unspecified atom stereocenters. The van der Waals surface area contributed by atoms with Crippen LogP contribution >= 0.6 is 0 Å². The first-order valence-corrected chi connectivity index (χ1v) is 5.45. The predicted molar refractivity (Wildman–Crippen MR) is 59.5 cm³/mol. The second-order valence-corrected chi connectivity index (χ2v) is 4.16. The Morgan fingerprint density at radius 2 is 2.25 bits per heavy atom. The van der Waals surface area contributed by atoms with Crippen LogP contribution in [0.25, 0.3) is 0 Å². The van der Waals surface area contributed by atoms with Gasteiger partial charge in [-0.05, 0) is 37.1 Å². The van der Waals surface area contributed by atoms with Crippen molar-refractivity contribution in [3.8, 4) is 0 Å². The van der Waals surface area contributed by atoms with E-state index in [0.717, 1.165) is 19.5 Å². The van der Waals surface area contributed by atoms with E-state index in [4.69, 9.17) is 5.73 Å². The zero-order valence-corrected chi connectivity index (χ0v) is 9.03. The summed E-state index contributed by atoms with van der Waals surface area (Å²) in [6.07, 6.45) is 0.951. The van der Waals surface area contributed by atoms with Crippen molar-refractivity contribution in [1.29, 1.82) is 0 Å². The number of amides is 1. The van der Waals surface area contributed by atoms with Crippen molar-refractivity contribution >= 4 is 5.91 Å². The summed E-state index contributed by atoms with van der Waals surface area (Å²) in [5.41, 5.74) is 5.86. The topological polar surface area (TPSA) is 46.3 Å². The Morgan fingerprint density at radius 1 is 1.50 bits per heavy atom. The summed E-state index contributed by atoms with van der Waals surface area (Å²) in [6, 6.07) is 5.81. The average molecular weight is 222 g/mol. The first-order valence-electron chi connectivity index (χ1n) is 5.45. The van der Waals surface area contributed by atoms with Crippen LogP contribution in [0.4, 0.5) is 4.39 Å². The van der Waals surface area contributed by atoms with Gasteiger partial charge in [-0.15, -0.1) is 0 Å². The van der Waals surface area contributed by atoms with Crippen LogP contribution in [0.15, 0.2) is 24.3 Å². The molecule has 1 amide bonds. The minimum atomic E-state index is -0.370. The van der Waals surface area contributed by atoms with Gasteiger partial charge >= 0.3 is 0 Å². The number of rotatable bonds is 3. The van der Waals surface area contributed by atoms with Crippen molar-refractivity contribution in [1.82, 2.24) is 4.90 Å². The van der Waals surface area contributed by atoms with Crippen LogP contribution in [0.1, 0.15) is 16.8 Å². The van der Waals surface area contributed by atoms with Crippen LogP contribution < -0.4 is 5.73 Å². The highest BCUT2D eigenvalue weighted by Crippen LogP contribution is 2.21.